The highest BCUT2D eigenvalue weighted by atomic mass is 35.5. The van der Waals surface area contributed by atoms with E-state index in [2.05, 4.69) is 4.72 Å². The van der Waals surface area contributed by atoms with Crippen LogP contribution in [0.15, 0.2) is 47.4 Å². The van der Waals surface area contributed by atoms with Crippen LogP contribution in [0.25, 0.3) is 0 Å². The molecule has 0 aliphatic heterocycles. The number of nitrogens with one attached hydrogen (secondary N) is 2. The molecule has 0 fully saturated rings. The molecule has 0 spiro atoms. The van der Waals surface area contributed by atoms with Crippen LogP contribution in [-0.2, 0) is 10.0 Å². The maximum Gasteiger partial charge on any atom is 0.405 e. The fourth-order valence-electron chi connectivity index (χ4n) is 1.84. The molecule has 0 aromatic heterocycles. The third-order valence-corrected chi connectivity index (χ3v) is 4.76. The van der Waals surface area contributed by atoms with E-state index in [0.29, 0.717) is 0 Å². The Hall–Kier alpha value is -2.33. The molecule has 1 amide bonds. The second-order valence-corrected chi connectivity index (χ2v) is 7.14. The van der Waals surface area contributed by atoms with Crippen LogP contribution in [0.4, 0.5) is 23.2 Å². The minimum atomic E-state index is -4.59. The summed E-state index contributed by atoms with van der Waals surface area (Å²) in [5.41, 5.74) is -0.439. The van der Waals surface area contributed by atoms with E-state index in [-0.39, 0.29) is 21.2 Å². The Morgan fingerprint density at radius 2 is 1.69 bits per heavy atom. The van der Waals surface area contributed by atoms with Crippen LogP contribution in [0, 0.1) is 5.82 Å². The van der Waals surface area contributed by atoms with E-state index in [0.717, 1.165) is 42.5 Å². The van der Waals surface area contributed by atoms with Crippen molar-refractivity contribution in [1.29, 1.82) is 0 Å². The molecule has 0 bridgehead atoms. The first kappa shape index (κ1) is 20.0. The zero-order valence-corrected chi connectivity index (χ0v) is 14.3. The zero-order chi connectivity index (χ0) is 19.5. The van der Waals surface area contributed by atoms with Crippen LogP contribution in [0.3, 0.4) is 0 Å². The van der Waals surface area contributed by atoms with Crippen LogP contribution >= 0.6 is 11.6 Å². The molecule has 0 atom stereocenters. The van der Waals surface area contributed by atoms with Crippen molar-refractivity contribution in [3.63, 3.8) is 0 Å². The zero-order valence-electron chi connectivity index (χ0n) is 12.8. The minimum absolute atomic E-state index is 0.0805. The number of sulfonamides is 1. The van der Waals surface area contributed by atoms with E-state index in [4.69, 9.17) is 11.6 Å². The summed E-state index contributed by atoms with van der Waals surface area (Å²) in [6.07, 6.45) is -4.59. The van der Waals surface area contributed by atoms with Gasteiger partial charge in [-0.15, -0.1) is 0 Å². The molecule has 0 unspecified atom stereocenters. The predicted octanol–water partition coefficient (Wildman–Crippen LogP) is 3.57. The van der Waals surface area contributed by atoms with Crippen molar-refractivity contribution < 1.29 is 30.8 Å². The summed E-state index contributed by atoms with van der Waals surface area (Å²) in [5, 5.41) is 1.58. The van der Waals surface area contributed by atoms with Crippen molar-refractivity contribution in [2.24, 2.45) is 0 Å². The largest absolute Gasteiger partial charge is 0.405 e. The third kappa shape index (κ3) is 5.33. The smallest absolute Gasteiger partial charge is 0.343 e. The molecule has 5 nitrogen and oxygen atoms in total. The SMILES string of the molecule is O=C(NCC(F)(F)F)c1ccc(Cl)c(NS(=O)(=O)c2ccc(F)cc2)c1. The summed E-state index contributed by atoms with van der Waals surface area (Å²) in [4.78, 5) is 11.5. The molecule has 0 saturated carbocycles. The van der Waals surface area contributed by atoms with Crippen molar-refractivity contribution in [1.82, 2.24) is 5.32 Å². The van der Waals surface area contributed by atoms with E-state index >= 15 is 0 Å². The molecule has 2 aromatic carbocycles. The van der Waals surface area contributed by atoms with Crippen molar-refractivity contribution in [2.45, 2.75) is 11.1 Å². The number of amides is 1. The van der Waals surface area contributed by atoms with Gasteiger partial charge in [0.1, 0.15) is 12.4 Å². The maximum absolute atomic E-state index is 12.9. The van der Waals surface area contributed by atoms with Gasteiger partial charge >= 0.3 is 6.18 Å². The molecule has 11 heteroatoms. The van der Waals surface area contributed by atoms with Crippen LogP contribution in [0.2, 0.25) is 5.02 Å². The molecular weight excluding hydrogens is 400 g/mol. The van der Waals surface area contributed by atoms with Gasteiger partial charge in [0.25, 0.3) is 15.9 Å². The fraction of sp³-hybridized carbons (Fsp3) is 0.133. The summed E-state index contributed by atoms with van der Waals surface area (Å²) in [6.45, 7) is -1.54. The Morgan fingerprint density at radius 1 is 1.08 bits per heavy atom. The molecule has 0 saturated heterocycles. The molecule has 140 valence electrons. The van der Waals surface area contributed by atoms with Gasteiger partial charge in [-0.05, 0) is 42.5 Å². The van der Waals surface area contributed by atoms with Gasteiger partial charge in [-0.3, -0.25) is 9.52 Å². The van der Waals surface area contributed by atoms with Crippen molar-refractivity contribution in [2.75, 3.05) is 11.3 Å². The van der Waals surface area contributed by atoms with Gasteiger partial charge in [0.2, 0.25) is 0 Å². The predicted molar refractivity (Wildman–Crippen MR) is 87.0 cm³/mol. The van der Waals surface area contributed by atoms with Crippen molar-refractivity contribution >= 4 is 33.2 Å². The Labute approximate surface area is 151 Å². The lowest BCUT2D eigenvalue weighted by Gasteiger charge is -2.12. The summed E-state index contributed by atoms with van der Waals surface area (Å²) in [5.74, 6) is -1.69. The van der Waals surface area contributed by atoms with Gasteiger partial charge < -0.3 is 5.32 Å². The monoisotopic (exact) mass is 410 g/mol. The average molecular weight is 411 g/mol. The lowest BCUT2D eigenvalue weighted by atomic mass is 10.2. The number of carbonyl (C=O) groups excluding carboxylic acids is 1. The second kappa shape index (κ2) is 7.50. The number of anilines is 1. The van der Waals surface area contributed by atoms with Crippen LogP contribution in [0.1, 0.15) is 10.4 Å². The first-order chi connectivity index (χ1) is 12.0. The number of benzene rings is 2. The van der Waals surface area contributed by atoms with Crippen molar-refractivity contribution in [3.05, 3.63) is 58.9 Å². The van der Waals surface area contributed by atoms with Gasteiger partial charge in [-0.2, -0.15) is 13.2 Å². The van der Waals surface area contributed by atoms with Gasteiger partial charge in [0.15, 0.2) is 0 Å². The fourth-order valence-corrected chi connectivity index (χ4v) is 3.14. The average Bonchev–Trinajstić information content (AvgIpc) is 2.54. The molecule has 0 heterocycles. The summed E-state index contributed by atoms with van der Waals surface area (Å²) in [6, 6.07) is 7.22. The molecule has 0 aliphatic rings. The number of alkyl halides is 3. The first-order valence-electron chi connectivity index (χ1n) is 6.91. The lowest BCUT2D eigenvalue weighted by Crippen LogP contribution is -2.33. The van der Waals surface area contributed by atoms with Gasteiger partial charge in [-0.25, -0.2) is 12.8 Å². The van der Waals surface area contributed by atoms with E-state index in [1.165, 1.54) is 0 Å². The van der Waals surface area contributed by atoms with Crippen LogP contribution in [-0.4, -0.2) is 27.0 Å². The second-order valence-electron chi connectivity index (χ2n) is 5.05. The first-order valence-corrected chi connectivity index (χ1v) is 8.77. The Bertz CT molecular complexity index is 915. The number of hydrogen-bond acceptors (Lipinski definition) is 3. The molecule has 26 heavy (non-hydrogen) atoms. The van der Waals surface area contributed by atoms with Gasteiger partial charge in [0.05, 0.1) is 15.6 Å². The van der Waals surface area contributed by atoms with Crippen molar-refractivity contribution in [3.8, 4) is 0 Å². The maximum atomic E-state index is 12.9. The Balaban J connectivity index is 2.24. The third-order valence-electron chi connectivity index (χ3n) is 3.05. The summed E-state index contributed by atoms with van der Waals surface area (Å²) < 4.78 is 76.0. The number of carbonyl (C=O) groups is 1. The highest BCUT2D eigenvalue weighted by molar-refractivity contribution is 7.92. The Morgan fingerprint density at radius 3 is 2.27 bits per heavy atom. The number of rotatable bonds is 5. The highest BCUT2D eigenvalue weighted by Crippen LogP contribution is 2.26. The lowest BCUT2D eigenvalue weighted by molar-refractivity contribution is -0.123. The Kier molecular flexibility index (Phi) is 5.77. The van der Waals surface area contributed by atoms with E-state index in [1.807, 2.05) is 0 Å². The molecule has 0 radical (unpaired) electrons. The molecule has 2 rings (SSSR count). The molecule has 2 N–H and O–H groups in total. The number of halogens is 5. The van der Waals surface area contributed by atoms with E-state index in [1.54, 1.807) is 5.32 Å². The minimum Gasteiger partial charge on any atom is -0.343 e. The standard InChI is InChI=1S/C15H11ClF4N2O3S/c16-12-6-1-9(14(23)21-8-15(18,19)20)7-13(12)22-26(24,25)11-4-2-10(17)3-5-11/h1-7,22H,8H2,(H,21,23). The highest BCUT2D eigenvalue weighted by Gasteiger charge is 2.28. The summed E-state index contributed by atoms with van der Waals surface area (Å²) in [7, 11) is -4.14. The van der Waals surface area contributed by atoms with E-state index in [9.17, 15) is 30.8 Å². The van der Waals surface area contributed by atoms with Crippen LogP contribution < -0.4 is 10.0 Å². The topological polar surface area (TPSA) is 75.3 Å². The quantitative estimate of drug-likeness (QED) is 0.740. The van der Waals surface area contributed by atoms with Gasteiger partial charge in [0, 0.05) is 5.56 Å². The molecule has 0 aliphatic carbocycles. The van der Waals surface area contributed by atoms with Gasteiger partial charge in [-0.1, -0.05) is 11.6 Å². The molecule has 2 aromatic rings. The number of hydrogen-bond donors (Lipinski definition) is 2. The molecular formula is C15H11ClF4N2O3S. The normalized spacial score (nSPS) is 11.9. The summed E-state index contributed by atoms with van der Waals surface area (Å²) >= 11 is 5.87. The van der Waals surface area contributed by atoms with E-state index < -0.39 is 34.5 Å². The van der Waals surface area contributed by atoms with Crippen LogP contribution in [0.5, 0.6) is 0 Å².